The number of nitrogens with one attached hydrogen (secondary N) is 1. The maximum atomic E-state index is 5.78. The van der Waals surface area contributed by atoms with Crippen molar-refractivity contribution in [2.24, 2.45) is 0 Å². The van der Waals surface area contributed by atoms with Crippen LogP contribution < -0.4 is 10.1 Å². The van der Waals surface area contributed by atoms with Gasteiger partial charge in [0, 0.05) is 18.7 Å². The topological polar surface area (TPSA) is 30.5 Å². The summed E-state index contributed by atoms with van der Waals surface area (Å²) < 4.78 is 11.4. The first-order valence-electron chi connectivity index (χ1n) is 8.31. The van der Waals surface area contributed by atoms with Crippen molar-refractivity contribution in [1.82, 2.24) is 5.32 Å². The molecule has 0 aliphatic carbocycles. The lowest BCUT2D eigenvalue weighted by molar-refractivity contribution is 0.0967. The first-order chi connectivity index (χ1) is 10.4. The molecule has 0 heterocycles. The van der Waals surface area contributed by atoms with E-state index in [2.05, 4.69) is 18.3 Å². The average molecular weight is 293 g/mol. The monoisotopic (exact) mass is 293 g/mol. The predicted octanol–water partition coefficient (Wildman–Crippen LogP) is 4.16. The molecule has 0 aliphatic heterocycles. The molecule has 3 nitrogen and oxygen atoms in total. The minimum absolute atomic E-state index is 0.622. The van der Waals surface area contributed by atoms with Crippen molar-refractivity contribution in [3.63, 3.8) is 0 Å². The van der Waals surface area contributed by atoms with Crippen LogP contribution in [0.25, 0.3) is 0 Å². The zero-order valence-corrected chi connectivity index (χ0v) is 13.7. The Morgan fingerprint density at radius 3 is 2.48 bits per heavy atom. The zero-order valence-electron chi connectivity index (χ0n) is 13.7. The van der Waals surface area contributed by atoms with Crippen LogP contribution in [-0.2, 0) is 11.3 Å². The van der Waals surface area contributed by atoms with Crippen LogP contribution >= 0.6 is 0 Å². The van der Waals surface area contributed by atoms with Gasteiger partial charge < -0.3 is 14.8 Å². The number of rotatable bonds is 13. The minimum atomic E-state index is 0.622. The largest absolute Gasteiger partial charge is 0.491 e. The van der Waals surface area contributed by atoms with E-state index >= 15 is 0 Å². The number of ether oxygens (including phenoxy) is 2. The highest BCUT2D eigenvalue weighted by molar-refractivity contribution is 5.33. The SMILES string of the molecule is CCCCCCCCOCCOc1ccccc1CNC. The molecule has 0 saturated heterocycles. The van der Waals surface area contributed by atoms with Gasteiger partial charge in [0.1, 0.15) is 12.4 Å². The van der Waals surface area contributed by atoms with E-state index in [1.165, 1.54) is 44.1 Å². The lowest BCUT2D eigenvalue weighted by Crippen LogP contribution is -2.11. The fourth-order valence-corrected chi connectivity index (χ4v) is 2.28. The standard InChI is InChI=1S/C18H31NO2/c1-3-4-5-6-7-10-13-20-14-15-21-18-12-9-8-11-17(18)16-19-2/h8-9,11-12,19H,3-7,10,13-16H2,1-2H3. The van der Waals surface area contributed by atoms with Crippen LogP contribution in [0.4, 0.5) is 0 Å². The van der Waals surface area contributed by atoms with Crippen LogP contribution in [0.15, 0.2) is 24.3 Å². The van der Waals surface area contributed by atoms with E-state index in [1.807, 2.05) is 25.2 Å². The summed E-state index contributed by atoms with van der Waals surface area (Å²) in [6, 6.07) is 8.14. The van der Waals surface area contributed by atoms with Crippen molar-refractivity contribution < 1.29 is 9.47 Å². The number of hydrogen-bond donors (Lipinski definition) is 1. The van der Waals surface area contributed by atoms with Gasteiger partial charge >= 0.3 is 0 Å². The highest BCUT2D eigenvalue weighted by Gasteiger charge is 2.01. The molecular weight excluding hydrogens is 262 g/mol. The smallest absolute Gasteiger partial charge is 0.123 e. The van der Waals surface area contributed by atoms with Gasteiger partial charge in [-0.2, -0.15) is 0 Å². The van der Waals surface area contributed by atoms with E-state index in [4.69, 9.17) is 9.47 Å². The van der Waals surface area contributed by atoms with Gasteiger partial charge in [0.15, 0.2) is 0 Å². The summed E-state index contributed by atoms with van der Waals surface area (Å²) in [5.74, 6) is 0.954. The van der Waals surface area contributed by atoms with Gasteiger partial charge in [-0.15, -0.1) is 0 Å². The Bertz CT molecular complexity index is 355. The molecule has 1 rings (SSSR count). The minimum Gasteiger partial charge on any atom is -0.491 e. The second-order valence-electron chi connectivity index (χ2n) is 5.37. The van der Waals surface area contributed by atoms with E-state index in [-0.39, 0.29) is 0 Å². The number of benzene rings is 1. The van der Waals surface area contributed by atoms with Crippen molar-refractivity contribution >= 4 is 0 Å². The maximum absolute atomic E-state index is 5.78. The molecule has 0 aliphatic rings. The van der Waals surface area contributed by atoms with Crippen molar-refractivity contribution in [2.75, 3.05) is 26.9 Å². The maximum Gasteiger partial charge on any atom is 0.123 e. The third-order valence-corrected chi connectivity index (χ3v) is 3.47. The van der Waals surface area contributed by atoms with Gasteiger partial charge in [-0.3, -0.25) is 0 Å². The molecule has 3 heteroatoms. The molecular formula is C18H31NO2. The molecule has 0 amide bonds. The lowest BCUT2D eigenvalue weighted by atomic mass is 10.1. The zero-order chi connectivity index (χ0) is 15.2. The molecule has 0 fully saturated rings. The third-order valence-electron chi connectivity index (χ3n) is 3.47. The quantitative estimate of drug-likeness (QED) is 0.554. The molecule has 1 aromatic rings. The van der Waals surface area contributed by atoms with Crippen molar-refractivity contribution in [3.8, 4) is 5.75 Å². The molecule has 0 aromatic heterocycles. The second kappa shape index (κ2) is 12.7. The van der Waals surface area contributed by atoms with Gasteiger partial charge in [0.05, 0.1) is 6.61 Å². The van der Waals surface area contributed by atoms with Crippen molar-refractivity contribution in [3.05, 3.63) is 29.8 Å². The first-order valence-corrected chi connectivity index (χ1v) is 8.31. The van der Waals surface area contributed by atoms with Crippen molar-refractivity contribution in [1.29, 1.82) is 0 Å². The number of hydrogen-bond acceptors (Lipinski definition) is 3. The molecule has 0 saturated carbocycles. The fourth-order valence-electron chi connectivity index (χ4n) is 2.28. The summed E-state index contributed by atoms with van der Waals surface area (Å²) in [4.78, 5) is 0. The van der Waals surface area contributed by atoms with E-state index < -0.39 is 0 Å². The highest BCUT2D eigenvalue weighted by Crippen LogP contribution is 2.17. The Morgan fingerprint density at radius 2 is 1.67 bits per heavy atom. The molecule has 1 N–H and O–H groups in total. The number of unbranched alkanes of at least 4 members (excludes halogenated alkanes) is 5. The Balaban J connectivity index is 2.01. The van der Waals surface area contributed by atoms with Crippen molar-refractivity contribution in [2.45, 2.75) is 52.0 Å². The summed E-state index contributed by atoms with van der Waals surface area (Å²) in [5.41, 5.74) is 1.19. The van der Waals surface area contributed by atoms with Gasteiger partial charge in [-0.05, 0) is 19.5 Å². The third kappa shape index (κ3) is 8.74. The molecule has 120 valence electrons. The summed E-state index contributed by atoms with van der Waals surface area (Å²) in [7, 11) is 1.94. The molecule has 0 atom stereocenters. The normalized spacial score (nSPS) is 10.8. The second-order valence-corrected chi connectivity index (χ2v) is 5.37. The van der Waals surface area contributed by atoms with Crippen LogP contribution in [0.3, 0.4) is 0 Å². The molecule has 0 bridgehead atoms. The first kappa shape index (κ1) is 18.0. The van der Waals surface area contributed by atoms with Gasteiger partial charge in [-0.1, -0.05) is 57.2 Å². The van der Waals surface area contributed by atoms with Gasteiger partial charge in [0.2, 0.25) is 0 Å². The van der Waals surface area contributed by atoms with Gasteiger partial charge in [-0.25, -0.2) is 0 Å². The summed E-state index contributed by atoms with van der Waals surface area (Å²) in [6.45, 7) is 5.22. The highest BCUT2D eigenvalue weighted by atomic mass is 16.5. The van der Waals surface area contributed by atoms with Crippen LogP contribution in [0.5, 0.6) is 5.75 Å². The van der Waals surface area contributed by atoms with E-state index in [1.54, 1.807) is 0 Å². The summed E-state index contributed by atoms with van der Waals surface area (Å²) in [5, 5.41) is 3.15. The van der Waals surface area contributed by atoms with E-state index in [0.29, 0.717) is 13.2 Å². The van der Waals surface area contributed by atoms with Crippen LogP contribution in [-0.4, -0.2) is 26.9 Å². The summed E-state index contributed by atoms with van der Waals surface area (Å²) >= 11 is 0. The predicted molar refractivity (Wildman–Crippen MR) is 88.9 cm³/mol. The fraction of sp³-hybridized carbons (Fsp3) is 0.667. The van der Waals surface area contributed by atoms with E-state index in [9.17, 15) is 0 Å². The van der Waals surface area contributed by atoms with E-state index in [0.717, 1.165) is 18.9 Å². The molecule has 21 heavy (non-hydrogen) atoms. The Hall–Kier alpha value is -1.06. The lowest BCUT2D eigenvalue weighted by Gasteiger charge is -2.11. The van der Waals surface area contributed by atoms with Crippen LogP contribution in [0.2, 0.25) is 0 Å². The molecule has 0 unspecified atom stereocenters. The van der Waals surface area contributed by atoms with Gasteiger partial charge in [0.25, 0.3) is 0 Å². The Morgan fingerprint density at radius 1 is 0.905 bits per heavy atom. The Labute approximate surface area is 130 Å². The number of para-hydroxylation sites is 1. The average Bonchev–Trinajstić information content (AvgIpc) is 2.51. The van der Waals surface area contributed by atoms with Crippen LogP contribution in [0, 0.1) is 0 Å². The molecule has 0 radical (unpaired) electrons. The Kier molecular flexibility index (Phi) is 10.8. The molecule has 1 aromatic carbocycles. The summed E-state index contributed by atoms with van der Waals surface area (Å²) in [6.07, 6.45) is 7.82. The molecule has 0 spiro atoms. The van der Waals surface area contributed by atoms with Crippen LogP contribution in [0.1, 0.15) is 51.0 Å².